The molecule has 0 amide bonds. The lowest BCUT2D eigenvalue weighted by Gasteiger charge is -2.08. The maximum absolute atomic E-state index is 12.4. The molecule has 3 rings (SSSR count). The third-order valence-corrected chi connectivity index (χ3v) is 4.82. The Bertz CT molecular complexity index is 896. The zero-order valence-corrected chi connectivity index (χ0v) is 12.4. The third-order valence-electron chi connectivity index (χ3n) is 3.17. The van der Waals surface area contributed by atoms with Gasteiger partial charge in [-0.15, -0.1) is 0 Å². The Morgan fingerprint density at radius 3 is 2.67 bits per heavy atom. The van der Waals surface area contributed by atoms with Crippen LogP contribution in [0.2, 0.25) is 0 Å². The number of anilines is 1. The number of nitrogens with one attached hydrogen (secondary N) is 2. The summed E-state index contributed by atoms with van der Waals surface area (Å²) in [5.41, 5.74) is 2.19. The average molecular weight is 302 g/mol. The molecule has 0 bridgehead atoms. The quantitative estimate of drug-likeness (QED) is 0.777. The summed E-state index contributed by atoms with van der Waals surface area (Å²) in [5, 5.41) is 7.46. The monoisotopic (exact) mass is 302 g/mol. The van der Waals surface area contributed by atoms with Crippen molar-refractivity contribution in [2.75, 3.05) is 4.72 Å². The maximum atomic E-state index is 12.4. The summed E-state index contributed by atoms with van der Waals surface area (Å²) < 4.78 is 27.4. The van der Waals surface area contributed by atoms with Gasteiger partial charge >= 0.3 is 0 Å². The van der Waals surface area contributed by atoms with Crippen molar-refractivity contribution >= 4 is 26.6 Å². The van der Waals surface area contributed by atoms with Crippen LogP contribution in [-0.4, -0.2) is 23.6 Å². The first-order valence-electron chi connectivity index (χ1n) is 6.36. The van der Waals surface area contributed by atoms with Gasteiger partial charge in [-0.05, 0) is 26.0 Å². The number of aromatic nitrogens is 3. The number of sulfonamides is 1. The number of benzene rings is 1. The lowest BCUT2D eigenvalue weighted by atomic mass is 10.2. The van der Waals surface area contributed by atoms with Crippen LogP contribution in [0.5, 0.6) is 0 Å². The molecule has 2 aromatic heterocycles. The van der Waals surface area contributed by atoms with Crippen molar-refractivity contribution in [2.24, 2.45) is 0 Å². The van der Waals surface area contributed by atoms with Gasteiger partial charge in [0.1, 0.15) is 4.90 Å². The van der Waals surface area contributed by atoms with Gasteiger partial charge in [0.2, 0.25) is 0 Å². The molecule has 2 heterocycles. The van der Waals surface area contributed by atoms with E-state index < -0.39 is 10.0 Å². The fourth-order valence-electron chi connectivity index (χ4n) is 2.27. The maximum Gasteiger partial charge on any atom is 0.265 e. The number of hydrogen-bond donors (Lipinski definition) is 2. The summed E-state index contributed by atoms with van der Waals surface area (Å²) >= 11 is 0. The summed E-state index contributed by atoms with van der Waals surface area (Å²) in [6, 6.07) is 9.28. The highest BCUT2D eigenvalue weighted by atomic mass is 32.2. The second-order valence-corrected chi connectivity index (χ2v) is 6.40. The summed E-state index contributed by atoms with van der Waals surface area (Å²) in [6.07, 6.45) is 1.50. The van der Waals surface area contributed by atoms with Crippen LogP contribution in [0.1, 0.15) is 11.4 Å². The van der Waals surface area contributed by atoms with E-state index in [0.29, 0.717) is 17.1 Å². The molecule has 0 aliphatic carbocycles. The minimum atomic E-state index is -3.68. The SMILES string of the molecule is Cc1n[nH]c(C)c1S(=O)(=O)Nc1cnc2ccccc2c1. The van der Waals surface area contributed by atoms with Gasteiger partial charge in [0.15, 0.2) is 0 Å². The minimum Gasteiger partial charge on any atom is -0.281 e. The van der Waals surface area contributed by atoms with Crippen LogP contribution < -0.4 is 4.72 Å². The van der Waals surface area contributed by atoms with E-state index in [4.69, 9.17) is 0 Å². The lowest BCUT2D eigenvalue weighted by molar-refractivity contribution is 0.600. The van der Waals surface area contributed by atoms with Crippen molar-refractivity contribution < 1.29 is 8.42 Å². The number of H-pyrrole nitrogens is 1. The van der Waals surface area contributed by atoms with Crippen molar-refractivity contribution in [1.82, 2.24) is 15.2 Å². The third kappa shape index (κ3) is 2.47. The number of pyridine rings is 1. The number of aromatic amines is 1. The van der Waals surface area contributed by atoms with Gasteiger partial charge in [0.25, 0.3) is 10.0 Å². The Hall–Kier alpha value is -2.41. The van der Waals surface area contributed by atoms with Gasteiger partial charge in [-0.1, -0.05) is 18.2 Å². The fraction of sp³-hybridized carbons (Fsp3) is 0.143. The van der Waals surface area contributed by atoms with Crippen molar-refractivity contribution in [3.8, 4) is 0 Å². The number of nitrogens with zero attached hydrogens (tertiary/aromatic N) is 2. The molecule has 0 aliphatic rings. The van der Waals surface area contributed by atoms with E-state index >= 15 is 0 Å². The van der Waals surface area contributed by atoms with Crippen LogP contribution >= 0.6 is 0 Å². The molecule has 7 heteroatoms. The minimum absolute atomic E-state index is 0.177. The van der Waals surface area contributed by atoms with E-state index in [2.05, 4.69) is 19.9 Å². The highest BCUT2D eigenvalue weighted by Crippen LogP contribution is 2.22. The van der Waals surface area contributed by atoms with Crippen molar-refractivity contribution in [2.45, 2.75) is 18.7 Å². The second-order valence-electron chi connectivity index (χ2n) is 4.79. The molecule has 0 saturated heterocycles. The Morgan fingerprint density at radius 2 is 1.95 bits per heavy atom. The molecule has 3 aromatic rings. The average Bonchev–Trinajstić information content (AvgIpc) is 2.78. The highest BCUT2D eigenvalue weighted by Gasteiger charge is 2.22. The number of fused-ring (bicyclic) bond motifs is 1. The predicted octanol–water partition coefficient (Wildman–Crippen LogP) is 2.38. The molecule has 108 valence electrons. The molecule has 0 unspecified atom stereocenters. The molecular weight excluding hydrogens is 288 g/mol. The van der Waals surface area contributed by atoms with Gasteiger partial charge in [-0.25, -0.2) is 8.42 Å². The van der Waals surface area contributed by atoms with Gasteiger partial charge in [0, 0.05) is 5.39 Å². The topological polar surface area (TPSA) is 87.7 Å². The first-order chi connectivity index (χ1) is 9.97. The fourth-order valence-corrected chi connectivity index (χ4v) is 3.68. The largest absolute Gasteiger partial charge is 0.281 e. The first-order valence-corrected chi connectivity index (χ1v) is 7.85. The Labute approximate surface area is 122 Å². The second kappa shape index (κ2) is 4.85. The molecule has 0 aliphatic heterocycles. The molecule has 21 heavy (non-hydrogen) atoms. The number of aryl methyl sites for hydroxylation is 2. The molecule has 2 N–H and O–H groups in total. The number of rotatable bonds is 3. The van der Waals surface area contributed by atoms with Crippen LogP contribution in [-0.2, 0) is 10.0 Å². The van der Waals surface area contributed by atoms with Crippen molar-refractivity contribution in [3.05, 3.63) is 47.9 Å². The predicted molar refractivity (Wildman–Crippen MR) is 80.6 cm³/mol. The molecule has 1 aromatic carbocycles. The normalized spacial score (nSPS) is 11.7. The van der Waals surface area contributed by atoms with Gasteiger partial charge in [-0.3, -0.25) is 14.8 Å². The van der Waals surface area contributed by atoms with E-state index in [1.54, 1.807) is 19.9 Å². The van der Waals surface area contributed by atoms with E-state index in [9.17, 15) is 8.42 Å². The summed E-state index contributed by atoms with van der Waals surface area (Å²) in [7, 11) is -3.68. The van der Waals surface area contributed by atoms with Crippen molar-refractivity contribution in [1.29, 1.82) is 0 Å². The van der Waals surface area contributed by atoms with Gasteiger partial charge in [0.05, 0.1) is 28.8 Å². The van der Waals surface area contributed by atoms with Crippen LogP contribution in [0.15, 0.2) is 41.4 Å². The Kier molecular flexibility index (Phi) is 3.13. The van der Waals surface area contributed by atoms with Crippen LogP contribution in [0.4, 0.5) is 5.69 Å². The van der Waals surface area contributed by atoms with E-state index in [1.807, 2.05) is 24.3 Å². The molecule has 0 radical (unpaired) electrons. The molecule has 6 nitrogen and oxygen atoms in total. The molecule has 0 spiro atoms. The van der Waals surface area contributed by atoms with Gasteiger partial charge in [-0.2, -0.15) is 5.10 Å². The lowest BCUT2D eigenvalue weighted by Crippen LogP contribution is -2.14. The Morgan fingerprint density at radius 1 is 1.19 bits per heavy atom. The molecular formula is C14H14N4O2S. The molecule has 0 fully saturated rings. The smallest absolute Gasteiger partial charge is 0.265 e. The van der Waals surface area contributed by atoms with Gasteiger partial charge < -0.3 is 0 Å². The zero-order valence-electron chi connectivity index (χ0n) is 11.6. The van der Waals surface area contributed by atoms with Crippen LogP contribution in [0.3, 0.4) is 0 Å². The van der Waals surface area contributed by atoms with Crippen LogP contribution in [0.25, 0.3) is 10.9 Å². The Balaban J connectivity index is 2.01. The molecule has 0 atom stereocenters. The summed E-state index contributed by atoms with van der Waals surface area (Å²) in [6.45, 7) is 3.32. The van der Waals surface area contributed by atoms with Crippen molar-refractivity contribution in [3.63, 3.8) is 0 Å². The molecule has 0 saturated carbocycles. The highest BCUT2D eigenvalue weighted by molar-refractivity contribution is 7.92. The van der Waals surface area contributed by atoms with E-state index in [-0.39, 0.29) is 4.90 Å². The van der Waals surface area contributed by atoms with E-state index in [0.717, 1.165) is 10.9 Å². The summed E-state index contributed by atoms with van der Waals surface area (Å²) in [4.78, 5) is 4.42. The number of hydrogen-bond acceptors (Lipinski definition) is 4. The summed E-state index contributed by atoms with van der Waals surface area (Å²) in [5.74, 6) is 0. The number of para-hydroxylation sites is 1. The van der Waals surface area contributed by atoms with Crippen LogP contribution in [0, 0.1) is 13.8 Å². The zero-order chi connectivity index (χ0) is 15.0. The standard InChI is InChI=1S/C14H14N4O2S/c1-9-14(10(2)17-16-9)21(19,20)18-12-7-11-5-3-4-6-13(11)15-8-12/h3-8,18H,1-2H3,(H,16,17). The first kappa shape index (κ1) is 13.6. The van der Waals surface area contributed by atoms with E-state index in [1.165, 1.54) is 6.20 Å².